The molecule has 0 amide bonds. The van der Waals surface area contributed by atoms with E-state index in [1.807, 2.05) is 60.8 Å². The number of hydrogen-bond donors (Lipinski definition) is 1. The van der Waals surface area contributed by atoms with Gasteiger partial charge in [-0.3, -0.25) is 0 Å². The summed E-state index contributed by atoms with van der Waals surface area (Å²) in [4.78, 5) is 3.21. The highest BCUT2D eigenvalue weighted by Crippen LogP contribution is 2.30. The average molecular weight is 375 g/mol. The number of nitrogens with one attached hydrogen (secondary N) is 1. The first-order valence-corrected chi connectivity index (χ1v) is 9.22. The van der Waals surface area contributed by atoms with Crippen molar-refractivity contribution < 1.29 is 4.42 Å². The Bertz CT molecular complexity index is 1190. The highest BCUT2D eigenvalue weighted by atomic mass is 32.2. The summed E-state index contributed by atoms with van der Waals surface area (Å²) < 4.78 is 7.52. The molecule has 2 aromatic carbocycles. The lowest BCUT2D eigenvalue weighted by atomic mass is 10.2. The van der Waals surface area contributed by atoms with Gasteiger partial charge in [0.1, 0.15) is 0 Å². The van der Waals surface area contributed by atoms with E-state index in [2.05, 4.69) is 30.7 Å². The minimum absolute atomic E-state index is 0.470. The summed E-state index contributed by atoms with van der Waals surface area (Å²) in [5.74, 6) is 1.70. The van der Waals surface area contributed by atoms with E-state index in [0.29, 0.717) is 22.7 Å². The van der Waals surface area contributed by atoms with Gasteiger partial charge in [0.05, 0.1) is 17.0 Å². The van der Waals surface area contributed by atoms with Crippen LogP contribution in [0.5, 0.6) is 0 Å². The van der Waals surface area contributed by atoms with Gasteiger partial charge >= 0.3 is 0 Å². The number of para-hydroxylation sites is 2. The van der Waals surface area contributed by atoms with Crippen LogP contribution in [0.4, 0.5) is 0 Å². The zero-order valence-electron chi connectivity index (χ0n) is 14.0. The molecule has 3 aromatic heterocycles. The fraction of sp³-hybridized carbons (Fsp3) is 0.0556. The van der Waals surface area contributed by atoms with E-state index in [-0.39, 0.29) is 0 Å². The van der Waals surface area contributed by atoms with E-state index in [4.69, 9.17) is 4.42 Å². The number of fused-ring (bicyclic) bond motifs is 1. The van der Waals surface area contributed by atoms with Gasteiger partial charge in [-0.1, -0.05) is 48.2 Å². The Labute approximate surface area is 157 Å². The van der Waals surface area contributed by atoms with Crippen molar-refractivity contribution in [1.82, 2.24) is 35.4 Å². The van der Waals surface area contributed by atoms with E-state index in [1.165, 1.54) is 11.8 Å². The van der Waals surface area contributed by atoms with Gasteiger partial charge < -0.3 is 9.40 Å². The standard InChI is InChI=1S/C18H13N7OS/c1-2-6-12(7-3-1)25-16(20-23-24-25)11-27-18-22-21-17(26-18)14-10-19-15-9-5-4-8-13(14)15/h1-10,19H,11H2. The molecule has 5 rings (SSSR count). The lowest BCUT2D eigenvalue weighted by Crippen LogP contribution is -2.01. The molecule has 1 N–H and O–H groups in total. The summed E-state index contributed by atoms with van der Waals surface area (Å²) in [6.07, 6.45) is 1.88. The Kier molecular flexibility index (Phi) is 3.91. The molecule has 0 fully saturated rings. The third-order valence-corrected chi connectivity index (χ3v) is 4.90. The topological polar surface area (TPSA) is 98.3 Å². The molecule has 0 aliphatic carbocycles. The zero-order chi connectivity index (χ0) is 18.1. The molecule has 3 heterocycles. The highest BCUT2D eigenvalue weighted by molar-refractivity contribution is 7.98. The molecule has 0 saturated carbocycles. The second kappa shape index (κ2) is 6.69. The van der Waals surface area contributed by atoms with E-state index in [0.717, 1.165) is 22.2 Å². The molecule has 0 unspecified atom stereocenters. The fourth-order valence-electron chi connectivity index (χ4n) is 2.82. The maximum absolute atomic E-state index is 5.82. The van der Waals surface area contributed by atoms with Gasteiger partial charge in [-0.15, -0.1) is 15.3 Å². The Morgan fingerprint density at radius 2 is 1.81 bits per heavy atom. The van der Waals surface area contributed by atoms with E-state index < -0.39 is 0 Å². The van der Waals surface area contributed by atoms with Crippen LogP contribution in [-0.2, 0) is 5.75 Å². The van der Waals surface area contributed by atoms with Crippen molar-refractivity contribution >= 4 is 22.7 Å². The normalized spacial score (nSPS) is 11.3. The summed E-state index contributed by atoms with van der Waals surface area (Å²) in [6.45, 7) is 0. The Morgan fingerprint density at radius 1 is 0.963 bits per heavy atom. The molecule has 0 bridgehead atoms. The minimum atomic E-state index is 0.470. The molecule has 0 saturated heterocycles. The molecule has 0 radical (unpaired) electrons. The molecule has 27 heavy (non-hydrogen) atoms. The molecule has 5 aromatic rings. The zero-order valence-corrected chi connectivity index (χ0v) is 14.8. The van der Waals surface area contributed by atoms with Gasteiger partial charge in [-0.2, -0.15) is 4.68 Å². The van der Waals surface area contributed by atoms with Gasteiger partial charge in [0, 0.05) is 17.1 Å². The number of aromatic amines is 1. The monoisotopic (exact) mass is 375 g/mol. The van der Waals surface area contributed by atoms with Gasteiger partial charge in [0.15, 0.2) is 5.82 Å². The lowest BCUT2D eigenvalue weighted by molar-refractivity contribution is 0.466. The van der Waals surface area contributed by atoms with Crippen molar-refractivity contribution in [2.45, 2.75) is 11.0 Å². The smallest absolute Gasteiger partial charge is 0.277 e. The van der Waals surface area contributed by atoms with Crippen LogP contribution < -0.4 is 0 Å². The highest BCUT2D eigenvalue weighted by Gasteiger charge is 2.15. The van der Waals surface area contributed by atoms with E-state index >= 15 is 0 Å². The number of hydrogen-bond acceptors (Lipinski definition) is 7. The van der Waals surface area contributed by atoms with Crippen LogP contribution in [0.3, 0.4) is 0 Å². The molecule has 0 atom stereocenters. The van der Waals surface area contributed by atoms with Crippen molar-refractivity contribution in [3.8, 4) is 17.1 Å². The maximum Gasteiger partial charge on any atom is 0.277 e. The fourth-order valence-corrected chi connectivity index (χ4v) is 3.49. The number of rotatable bonds is 5. The molecule has 0 spiro atoms. The van der Waals surface area contributed by atoms with Crippen LogP contribution in [0, 0.1) is 0 Å². The Balaban J connectivity index is 1.36. The van der Waals surface area contributed by atoms with Crippen molar-refractivity contribution in [2.24, 2.45) is 0 Å². The van der Waals surface area contributed by atoms with Crippen LogP contribution in [0.15, 0.2) is 70.4 Å². The predicted molar refractivity (Wildman–Crippen MR) is 100 cm³/mol. The summed E-state index contributed by atoms with van der Waals surface area (Å²) >= 11 is 1.40. The van der Waals surface area contributed by atoms with E-state index in [9.17, 15) is 0 Å². The van der Waals surface area contributed by atoms with Gasteiger partial charge in [0.2, 0.25) is 0 Å². The number of benzene rings is 2. The second-order valence-electron chi connectivity index (χ2n) is 5.75. The number of nitrogens with zero attached hydrogens (tertiary/aromatic N) is 6. The second-order valence-corrected chi connectivity index (χ2v) is 6.68. The van der Waals surface area contributed by atoms with Gasteiger partial charge in [-0.05, 0) is 28.6 Å². The number of tetrazole rings is 1. The van der Waals surface area contributed by atoms with Crippen LogP contribution in [0.25, 0.3) is 28.0 Å². The molecular weight excluding hydrogens is 362 g/mol. The van der Waals surface area contributed by atoms with Gasteiger partial charge in [0.25, 0.3) is 11.1 Å². The summed E-state index contributed by atoms with van der Waals surface area (Å²) in [5, 5.41) is 21.7. The molecule has 132 valence electrons. The lowest BCUT2D eigenvalue weighted by Gasteiger charge is -2.02. The molecule has 0 aliphatic rings. The third-order valence-electron chi connectivity index (χ3n) is 4.09. The largest absolute Gasteiger partial charge is 0.411 e. The first-order valence-electron chi connectivity index (χ1n) is 8.24. The first-order chi connectivity index (χ1) is 13.4. The van der Waals surface area contributed by atoms with Crippen molar-refractivity contribution in [3.05, 3.63) is 66.6 Å². The molecule has 0 aliphatic heterocycles. The molecule has 9 heteroatoms. The summed E-state index contributed by atoms with van der Waals surface area (Å²) in [7, 11) is 0. The van der Waals surface area contributed by atoms with Crippen molar-refractivity contribution in [1.29, 1.82) is 0 Å². The van der Waals surface area contributed by atoms with Crippen LogP contribution in [0.2, 0.25) is 0 Å². The predicted octanol–water partition coefficient (Wildman–Crippen LogP) is 3.49. The first kappa shape index (κ1) is 15.8. The third kappa shape index (κ3) is 2.97. The number of thioether (sulfide) groups is 1. The van der Waals surface area contributed by atoms with Crippen LogP contribution in [0.1, 0.15) is 5.82 Å². The quantitative estimate of drug-likeness (QED) is 0.470. The minimum Gasteiger partial charge on any atom is -0.411 e. The van der Waals surface area contributed by atoms with Crippen molar-refractivity contribution in [3.63, 3.8) is 0 Å². The number of aromatic nitrogens is 7. The van der Waals surface area contributed by atoms with Gasteiger partial charge in [-0.25, -0.2) is 0 Å². The molecule has 8 nitrogen and oxygen atoms in total. The maximum atomic E-state index is 5.82. The summed E-state index contributed by atoms with van der Waals surface area (Å²) in [6, 6.07) is 17.7. The SMILES string of the molecule is c1ccc(-n2nnnc2CSc2nnc(-c3c[nH]c4ccccc34)o2)cc1. The van der Waals surface area contributed by atoms with Crippen LogP contribution in [-0.4, -0.2) is 35.4 Å². The molecular formula is C18H13N7OS. The van der Waals surface area contributed by atoms with Crippen LogP contribution >= 0.6 is 11.8 Å². The average Bonchev–Trinajstić information content (AvgIpc) is 3.45. The van der Waals surface area contributed by atoms with E-state index in [1.54, 1.807) is 4.68 Å². The Hall–Kier alpha value is -3.46. The van der Waals surface area contributed by atoms with Crippen molar-refractivity contribution in [2.75, 3.05) is 0 Å². The Morgan fingerprint density at radius 3 is 2.74 bits per heavy atom. The number of H-pyrrole nitrogens is 1. The summed E-state index contributed by atoms with van der Waals surface area (Å²) in [5.41, 5.74) is 2.82.